The highest BCUT2D eigenvalue weighted by molar-refractivity contribution is 5.65. The van der Waals surface area contributed by atoms with Gasteiger partial charge in [0.05, 0.1) is 34.5 Å². The van der Waals surface area contributed by atoms with Crippen molar-refractivity contribution in [2.75, 3.05) is 35.5 Å². The molecule has 0 saturated carbocycles. The van der Waals surface area contributed by atoms with Crippen molar-refractivity contribution in [3.05, 3.63) is 76.9 Å². The van der Waals surface area contributed by atoms with Gasteiger partial charge in [-0.2, -0.15) is 0 Å². The molecule has 2 aromatic rings. The Morgan fingerprint density at radius 1 is 0.844 bits per heavy atom. The van der Waals surface area contributed by atoms with E-state index in [4.69, 9.17) is 23.7 Å². The average Bonchev–Trinajstić information content (AvgIpc) is 2.86. The summed E-state index contributed by atoms with van der Waals surface area (Å²) in [7, 11) is 8.02. The van der Waals surface area contributed by atoms with E-state index in [9.17, 15) is 5.11 Å². The van der Waals surface area contributed by atoms with Crippen LogP contribution in [-0.4, -0.2) is 46.8 Å². The lowest BCUT2D eigenvalue weighted by molar-refractivity contribution is 0.142. The van der Waals surface area contributed by atoms with Crippen molar-refractivity contribution < 1.29 is 28.8 Å². The number of aliphatic hydroxyl groups excluding tert-OH is 1. The molecule has 6 heteroatoms. The molecule has 170 valence electrons. The third-order valence-corrected chi connectivity index (χ3v) is 5.41. The number of benzene rings is 2. The number of aliphatic hydroxyl groups is 1. The monoisotopic (exact) mass is 438 g/mol. The fourth-order valence-electron chi connectivity index (χ4n) is 3.59. The van der Waals surface area contributed by atoms with Crippen LogP contribution < -0.4 is 18.9 Å². The third-order valence-electron chi connectivity index (χ3n) is 5.41. The smallest absolute Gasteiger partial charge is 0.129 e. The van der Waals surface area contributed by atoms with Gasteiger partial charge in [-0.25, -0.2) is 0 Å². The van der Waals surface area contributed by atoms with Crippen LogP contribution in [0.3, 0.4) is 0 Å². The molecule has 1 N–H and O–H groups in total. The quantitative estimate of drug-likeness (QED) is 0.611. The van der Waals surface area contributed by atoms with Crippen molar-refractivity contribution in [3.8, 4) is 23.0 Å². The zero-order chi connectivity index (χ0) is 23.1. The van der Waals surface area contributed by atoms with Crippen LogP contribution in [0.25, 0.3) is 6.08 Å². The summed E-state index contributed by atoms with van der Waals surface area (Å²) in [6, 6.07) is 8.96. The van der Waals surface area contributed by atoms with E-state index >= 15 is 0 Å². The SMILES string of the molecule is COc1cc(OC)cc(C(O)c2c(/C=C/C3=CCC(OC)C=C3)cc(OC)cc2OC)c1. The fourth-order valence-corrected chi connectivity index (χ4v) is 3.59. The number of allylic oxidation sites excluding steroid dienone is 3. The molecule has 2 atom stereocenters. The summed E-state index contributed by atoms with van der Waals surface area (Å²) >= 11 is 0. The van der Waals surface area contributed by atoms with Gasteiger partial charge in [-0.1, -0.05) is 30.4 Å². The lowest BCUT2D eigenvalue weighted by Gasteiger charge is -2.20. The van der Waals surface area contributed by atoms with Gasteiger partial charge in [0, 0.05) is 24.8 Å². The molecule has 0 bridgehead atoms. The molecule has 0 amide bonds. The van der Waals surface area contributed by atoms with Crippen LogP contribution in [0.15, 0.2) is 60.2 Å². The second-order valence-corrected chi connectivity index (χ2v) is 7.29. The minimum Gasteiger partial charge on any atom is -0.497 e. The highest BCUT2D eigenvalue weighted by atomic mass is 16.5. The molecule has 0 aliphatic heterocycles. The summed E-state index contributed by atoms with van der Waals surface area (Å²) in [5, 5.41) is 11.4. The van der Waals surface area contributed by atoms with Gasteiger partial charge in [-0.05, 0) is 41.3 Å². The Balaban J connectivity index is 2.06. The maximum absolute atomic E-state index is 11.4. The molecular formula is C26H30O6. The lowest BCUT2D eigenvalue weighted by atomic mass is 9.94. The van der Waals surface area contributed by atoms with Crippen LogP contribution in [0.1, 0.15) is 29.2 Å². The number of hydrogen-bond donors (Lipinski definition) is 1. The maximum Gasteiger partial charge on any atom is 0.129 e. The fraction of sp³-hybridized carbons (Fsp3) is 0.308. The van der Waals surface area contributed by atoms with E-state index in [1.807, 2.05) is 30.4 Å². The van der Waals surface area contributed by atoms with Gasteiger partial charge >= 0.3 is 0 Å². The van der Waals surface area contributed by atoms with Crippen LogP contribution in [-0.2, 0) is 4.74 Å². The van der Waals surface area contributed by atoms with Gasteiger partial charge in [-0.15, -0.1) is 0 Å². The zero-order valence-electron chi connectivity index (χ0n) is 19.1. The topological polar surface area (TPSA) is 66.4 Å². The van der Waals surface area contributed by atoms with E-state index in [2.05, 4.69) is 6.08 Å². The van der Waals surface area contributed by atoms with Crippen LogP contribution in [0, 0.1) is 0 Å². The van der Waals surface area contributed by atoms with E-state index < -0.39 is 6.10 Å². The van der Waals surface area contributed by atoms with Crippen molar-refractivity contribution in [2.24, 2.45) is 0 Å². The normalized spacial score (nSPS) is 16.6. The summed E-state index contributed by atoms with van der Waals surface area (Å²) in [6.07, 6.45) is 10.1. The summed E-state index contributed by atoms with van der Waals surface area (Å²) in [6.45, 7) is 0. The predicted molar refractivity (Wildman–Crippen MR) is 125 cm³/mol. The number of ether oxygens (including phenoxy) is 5. The van der Waals surface area contributed by atoms with Crippen molar-refractivity contribution in [2.45, 2.75) is 18.6 Å². The predicted octanol–water partition coefficient (Wildman–Crippen LogP) is 4.72. The van der Waals surface area contributed by atoms with Gasteiger partial charge in [0.2, 0.25) is 0 Å². The molecule has 0 fully saturated rings. The van der Waals surface area contributed by atoms with Crippen molar-refractivity contribution in [1.82, 2.24) is 0 Å². The lowest BCUT2D eigenvalue weighted by Crippen LogP contribution is -2.08. The molecule has 3 rings (SSSR count). The van der Waals surface area contributed by atoms with Gasteiger partial charge in [0.1, 0.15) is 29.1 Å². The maximum atomic E-state index is 11.4. The van der Waals surface area contributed by atoms with Gasteiger partial charge in [0.15, 0.2) is 0 Å². The summed E-state index contributed by atoms with van der Waals surface area (Å²) in [5.74, 6) is 2.33. The molecule has 1 aliphatic rings. The van der Waals surface area contributed by atoms with E-state index in [1.165, 1.54) is 0 Å². The summed E-state index contributed by atoms with van der Waals surface area (Å²) in [4.78, 5) is 0. The highest BCUT2D eigenvalue weighted by Crippen LogP contribution is 2.39. The van der Waals surface area contributed by atoms with Crippen LogP contribution in [0.2, 0.25) is 0 Å². The largest absolute Gasteiger partial charge is 0.497 e. The summed E-state index contributed by atoms with van der Waals surface area (Å²) < 4.78 is 27.2. The van der Waals surface area contributed by atoms with Crippen LogP contribution >= 0.6 is 0 Å². The molecule has 0 aromatic heterocycles. The molecule has 2 aromatic carbocycles. The van der Waals surface area contributed by atoms with Crippen molar-refractivity contribution in [3.63, 3.8) is 0 Å². The molecule has 0 saturated heterocycles. The van der Waals surface area contributed by atoms with Crippen molar-refractivity contribution >= 4 is 6.08 Å². The van der Waals surface area contributed by atoms with Gasteiger partial charge in [-0.3, -0.25) is 0 Å². The Bertz CT molecular complexity index is 999. The first-order valence-corrected chi connectivity index (χ1v) is 10.3. The van der Waals surface area contributed by atoms with Crippen LogP contribution in [0.5, 0.6) is 23.0 Å². The highest BCUT2D eigenvalue weighted by Gasteiger charge is 2.22. The standard InChI is InChI=1S/C26H30O6/c1-28-20-10-7-17(8-11-20)6-9-18-12-23(31-4)16-24(32-5)25(18)26(27)19-13-21(29-2)15-22(14-19)30-3/h6-10,12-16,20,26-27H,11H2,1-5H3/b9-6+. The molecular weight excluding hydrogens is 408 g/mol. The first-order chi connectivity index (χ1) is 15.5. The number of methoxy groups -OCH3 is 5. The first kappa shape index (κ1) is 23.4. The number of rotatable bonds is 9. The van der Waals surface area contributed by atoms with E-state index in [0.29, 0.717) is 34.1 Å². The third kappa shape index (κ3) is 5.33. The minimum atomic E-state index is -0.978. The average molecular weight is 439 g/mol. The Kier molecular flexibility index (Phi) is 7.98. The minimum absolute atomic E-state index is 0.101. The Morgan fingerprint density at radius 2 is 1.50 bits per heavy atom. The molecule has 0 heterocycles. The molecule has 2 unspecified atom stereocenters. The Hall–Kier alpha value is -3.22. The zero-order valence-corrected chi connectivity index (χ0v) is 19.1. The second-order valence-electron chi connectivity index (χ2n) is 7.29. The Labute approximate surface area is 189 Å². The van der Waals surface area contributed by atoms with E-state index in [0.717, 1.165) is 17.6 Å². The molecule has 1 aliphatic carbocycles. The van der Waals surface area contributed by atoms with Crippen LogP contribution in [0.4, 0.5) is 0 Å². The molecule has 6 nitrogen and oxygen atoms in total. The summed E-state index contributed by atoms with van der Waals surface area (Å²) in [5.41, 5.74) is 3.08. The van der Waals surface area contributed by atoms with Gasteiger partial charge < -0.3 is 28.8 Å². The second kappa shape index (κ2) is 10.9. The Morgan fingerprint density at radius 3 is 2.03 bits per heavy atom. The molecule has 32 heavy (non-hydrogen) atoms. The van der Waals surface area contributed by atoms with Gasteiger partial charge in [0.25, 0.3) is 0 Å². The van der Waals surface area contributed by atoms with E-state index in [1.54, 1.807) is 59.8 Å². The first-order valence-electron chi connectivity index (χ1n) is 10.3. The molecule has 0 spiro atoms. The number of hydrogen-bond acceptors (Lipinski definition) is 6. The van der Waals surface area contributed by atoms with Crippen molar-refractivity contribution in [1.29, 1.82) is 0 Å². The van der Waals surface area contributed by atoms with E-state index in [-0.39, 0.29) is 6.10 Å². The molecule has 0 radical (unpaired) electrons.